The zero-order chi connectivity index (χ0) is 23.2. The van der Waals surface area contributed by atoms with Gasteiger partial charge in [0.2, 0.25) is 0 Å². The van der Waals surface area contributed by atoms with E-state index in [0.717, 1.165) is 36.7 Å². The average molecular weight is 466 g/mol. The van der Waals surface area contributed by atoms with Crippen molar-refractivity contribution in [3.05, 3.63) is 75.6 Å². The fourth-order valence-electron chi connectivity index (χ4n) is 4.35. The lowest BCUT2D eigenvalue weighted by Crippen LogP contribution is -2.12. The van der Waals surface area contributed by atoms with Crippen molar-refractivity contribution in [2.24, 2.45) is 0 Å². The summed E-state index contributed by atoms with van der Waals surface area (Å²) in [6.45, 7) is 0.555. The summed E-state index contributed by atoms with van der Waals surface area (Å²) in [6, 6.07) is 13.8. The van der Waals surface area contributed by atoms with Gasteiger partial charge in [0.15, 0.2) is 10.9 Å². The monoisotopic (exact) mass is 465 g/mol. The van der Waals surface area contributed by atoms with Gasteiger partial charge in [-0.3, -0.25) is 14.9 Å². The molecule has 1 N–H and O–H groups in total. The van der Waals surface area contributed by atoms with E-state index < -0.39 is 4.92 Å². The lowest BCUT2D eigenvalue weighted by molar-refractivity contribution is -0.384. The van der Waals surface area contributed by atoms with Crippen LogP contribution in [0.5, 0.6) is 0 Å². The predicted octanol–water partition coefficient (Wildman–Crippen LogP) is 5.30. The second kappa shape index (κ2) is 10.6. The van der Waals surface area contributed by atoms with E-state index in [9.17, 15) is 14.9 Å². The average Bonchev–Trinajstić information content (AvgIpc) is 3.51. The van der Waals surface area contributed by atoms with Gasteiger partial charge in [0, 0.05) is 36.2 Å². The zero-order valence-electron chi connectivity index (χ0n) is 18.6. The molecule has 2 aromatic carbocycles. The number of nitrogens with one attached hydrogen (secondary N) is 1. The number of carbonyl (C=O) groups excluding carboxylic acids is 1. The molecule has 0 bridgehead atoms. The molecule has 0 amide bonds. The number of thioether (sulfide) groups is 1. The standard InChI is InChI=1S/C24H27N5O3S/c1-33-24-27-26-22(28(24)19-10-5-6-11-19)12-7-15-25-20-14-13-18(16-21(20)29(31)32)23(30)17-8-3-2-4-9-17/h2-4,8-9,13-14,16,19,25H,5-7,10-12,15H2,1H3. The first-order chi connectivity index (χ1) is 16.1. The Morgan fingerprint density at radius 2 is 1.91 bits per heavy atom. The Bertz CT molecular complexity index is 1130. The molecule has 1 fully saturated rings. The maximum atomic E-state index is 12.7. The second-order valence-electron chi connectivity index (χ2n) is 8.13. The number of nitrogens with zero attached hydrogens (tertiary/aromatic N) is 4. The second-order valence-corrected chi connectivity index (χ2v) is 8.90. The summed E-state index contributed by atoms with van der Waals surface area (Å²) in [4.78, 5) is 23.8. The van der Waals surface area contributed by atoms with Crippen LogP contribution < -0.4 is 5.32 Å². The van der Waals surface area contributed by atoms with Gasteiger partial charge in [-0.15, -0.1) is 10.2 Å². The van der Waals surface area contributed by atoms with E-state index in [1.54, 1.807) is 48.2 Å². The van der Waals surface area contributed by atoms with E-state index in [-0.39, 0.29) is 11.5 Å². The number of ketones is 1. The van der Waals surface area contributed by atoms with Crippen molar-refractivity contribution < 1.29 is 9.72 Å². The van der Waals surface area contributed by atoms with Crippen molar-refractivity contribution in [1.82, 2.24) is 14.8 Å². The van der Waals surface area contributed by atoms with Crippen molar-refractivity contribution in [1.29, 1.82) is 0 Å². The highest BCUT2D eigenvalue weighted by Crippen LogP contribution is 2.33. The molecule has 0 unspecified atom stereocenters. The summed E-state index contributed by atoms with van der Waals surface area (Å²) < 4.78 is 2.28. The molecule has 0 aliphatic heterocycles. The Morgan fingerprint density at radius 1 is 1.15 bits per heavy atom. The number of hydrogen-bond acceptors (Lipinski definition) is 7. The third-order valence-corrected chi connectivity index (χ3v) is 6.64. The van der Waals surface area contributed by atoms with Crippen LogP contribution in [0.1, 0.15) is 59.9 Å². The third kappa shape index (κ3) is 5.24. The lowest BCUT2D eigenvalue weighted by Gasteiger charge is -2.16. The van der Waals surface area contributed by atoms with Crippen LogP contribution in [0, 0.1) is 10.1 Å². The Kier molecular flexibility index (Phi) is 7.39. The number of hydrogen-bond donors (Lipinski definition) is 1. The van der Waals surface area contributed by atoms with Crippen LogP contribution in [-0.4, -0.2) is 38.3 Å². The lowest BCUT2D eigenvalue weighted by atomic mass is 10.0. The summed E-state index contributed by atoms with van der Waals surface area (Å²) in [6.07, 6.45) is 8.34. The number of benzene rings is 2. The van der Waals surface area contributed by atoms with Crippen molar-refractivity contribution >= 4 is 28.9 Å². The van der Waals surface area contributed by atoms with Gasteiger partial charge in [-0.1, -0.05) is 54.9 Å². The molecule has 1 heterocycles. The van der Waals surface area contributed by atoms with Crippen LogP contribution >= 0.6 is 11.8 Å². The highest BCUT2D eigenvalue weighted by molar-refractivity contribution is 7.98. The van der Waals surface area contributed by atoms with Gasteiger partial charge in [0.1, 0.15) is 11.5 Å². The maximum Gasteiger partial charge on any atom is 0.293 e. The largest absolute Gasteiger partial charge is 0.379 e. The Hall–Kier alpha value is -3.20. The van der Waals surface area contributed by atoms with E-state index in [1.807, 2.05) is 12.3 Å². The van der Waals surface area contributed by atoms with Gasteiger partial charge >= 0.3 is 0 Å². The van der Waals surface area contributed by atoms with Gasteiger partial charge in [-0.25, -0.2) is 0 Å². The molecule has 4 rings (SSSR count). The van der Waals surface area contributed by atoms with E-state index in [2.05, 4.69) is 20.1 Å². The highest BCUT2D eigenvalue weighted by atomic mass is 32.2. The molecule has 8 nitrogen and oxygen atoms in total. The Morgan fingerprint density at radius 3 is 2.61 bits per heavy atom. The first-order valence-electron chi connectivity index (χ1n) is 11.2. The zero-order valence-corrected chi connectivity index (χ0v) is 19.4. The number of rotatable bonds is 10. The third-order valence-electron chi connectivity index (χ3n) is 5.99. The minimum absolute atomic E-state index is 0.101. The first-order valence-corrected chi connectivity index (χ1v) is 12.4. The highest BCUT2D eigenvalue weighted by Gasteiger charge is 2.23. The Balaban J connectivity index is 1.41. The van der Waals surface area contributed by atoms with Crippen LogP contribution in [0.3, 0.4) is 0 Å². The van der Waals surface area contributed by atoms with E-state index >= 15 is 0 Å². The first kappa shape index (κ1) is 23.0. The van der Waals surface area contributed by atoms with Crippen LogP contribution in [-0.2, 0) is 6.42 Å². The molecule has 1 aliphatic carbocycles. The SMILES string of the molecule is CSc1nnc(CCCNc2ccc(C(=O)c3ccccc3)cc2[N+](=O)[O-])n1C1CCCC1. The number of aryl methyl sites for hydroxylation is 1. The molecule has 33 heavy (non-hydrogen) atoms. The summed E-state index contributed by atoms with van der Waals surface area (Å²) >= 11 is 1.62. The molecule has 0 radical (unpaired) electrons. The van der Waals surface area contributed by atoms with Gasteiger partial charge in [-0.05, 0) is 37.7 Å². The van der Waals surface area contributed by atoms with Gasteiger partial charge < -0.3 is 9.88 Å². The summed E-state index contributed by atoms with van der Waals surface area (Å²) in [5, 5.41) is 24.5. The van der Waals surface area contributed by atoms with Crippen molar-refractivity contribution in [2.45, 2.75) is 49.7 Å². The molecule has 172 valence electrons. The van der Waals surface area contributed by atoms with E-state index in [4.69, 9.17) is 0 Å². The molecule has 0 atom stereocenters. The number of nitro benzene ring substituents is 1. The number of carbonyl (C=O) groups is 1. The fraction of sp³-hybridized carbons (Fsp3) is 0.375. The molecule has 0 saturated heterocycles. The van der Waals surface area contributed by atoms with Gasteiger partial charge in [-0.2, -0.15) is 0 Å². The fourth-order valence-corrected chi connectivity index (χ4v) is 4.92. The quantitative estimate of drug-likeness (QED) is 0.142. The smallest absolute Gasteiger partial charge is 0.293 e. The number of nitro groups is 1. The maximum absolute atomic E-state index is 12.7. The normalized spacial score (nSPS) is 13.8. The van der Waals surface area contributed by atoms with Crippen molar-refractivity contribution in [3.63, 3.8) is 0 Å². The summed E-state index contributed by atoms with van der Waals surface area (Å²) in [5.74, 6) is 0.743. The molecule has 3 aromatic rings. The van der Waals surface area contributed by atoms with Crippen LogP contribution in [0.25, 0.3) is 0 Å². The van der Waals surface area contributed by atoms with Gasteiger partial charge in [0.25, 0.3) is 5.69 Å². The molecule has 9 heteroatoms. The molecule has 0 spiro atoms. The molecule has 1 saturated carbocycles. The minimum Gasteiger partial charge on any atom is -0.379 e. The summed E-state index contributed by atoms with van der Waals surface area (Å²) in [5.41, 5.74) is 1.11. The van der Waals surface area contributed by atoms with Crippen LogP contribution in [0.2, 0.25) is 0 Å². The van der Waals surface area contributed by atoms with E-state index in [0.29, 0.717) is 29.4 Å². The van der Waals surface area contributed by atoms with Crippen molar-refractivity contribution in [3.8, 4) is 0 Å². The minimum atomic E-state index is -0.453. The molecule has 1 aliphatic rings. The topological polar surface area (TPSA) is 103 Å². The number of anilines is 1. The summed E-state index contributed by atoms with van der Waals surface area (Å²) in [7, 11) is 0. The van der Waals surface area contributed by atoms with Crippen molar-refractivity contribution in [2.75, 3.05) is 18.1 Å². The van der Waals surface area contributed by atoms with Crippen LogP contribution in [0.4, 0.5) is 11.4 Å². The molecular weight excluding hydrogens is 438 g/mol. The van der Waals surface area contributed by atoms with Gasteiger partial charge in [0.05, 0.1) is 4.92 Å². The number of aromatic nitrogens is 3. The molecular formula is C24H27N5O3S. The Labute approximate surface area is 197 Å². The molecule has 1 aromatic heterocycles. The predicted molar refractivity (Wildman–Crippen MR) is 129 cm³/mol. The van der Waals surface area contributed by atoms with Crippen LogP contribution in [0.15, 0.2) is 53.7 Å². The van der Waals surface area contributed by atoms with E-state index in [1.165, 1.54) is 18.9 Å².